The fourth-order valence-corrected chi connectivity index (χ4v) is 3.98. The van der Waals surface area contributed by atoms with Crippen LogP contribution in [0.5, 0.6) is 5.75 Å². The maximum Gasteiger partial charge on any atom is 0.338 e. The maximum atomic E-state index is 12.3. The summed E-state index contributed by atoms with van der Waals surface area (Å²) in [5.41, 5.74) is 0.599. The van der Waals surface area contributed by atoms with Crippen LogP contribution in [0, 0.1) is 5.92 Å². The molecule has 0 unspecified atom stereocenters. The zero-order valence-electron chi connectivity index (χ0n) is 15.3. The molecule has 2 atom stereocenters. The number of ether oxygens (including phenoxy) is 2. The first-order valence-electron chi connectivity index (χ1n) is 9.31. The van der Waals surface area contributed by atoms with Gasteiger partial charge >= 0.3 is 5.97 Å². The van der Waals surface area contributed by atoms with E-state index in [0.29, 0.717) is 24.1 Å². The number of hydrogen-bond donors (Lipinski definition) is 0. The monoisotopic (exact) mass is 367 g/mol. The zero-order valence-corrected chi connectivity index (χ0v) is 16.1. The first kappa shape index (κ1) is 20.1. The molecule has 0 saturated carbocycles. The average Bonchev–Trinajstić information content (AvgIpc) is 2.59. The Morgan fingerprint density at radius 2 is 1.84 bits per heavy atom. The quantitative estimate of drug-likeness (QED) is 0.726. The highest BCUT2D eigenvalue weighted by Crippen LogP contribution is 2.31. The summed E-state index contributed by atoms with van der Waals surface area (Å²) in [6.45, 7) is 6.95. The lowest BCUT2D eigenvalue weighted by Crippen LogP contribution is -2.49. The summed E-state index contributed by atoms with van der Waals surface area (Å²) in [7, 11) is 0. The predicted octanol–water partition coefficient (Wildman–Crippen LogP) is 4.32. The molecule has 0 bridgehead atoms. The van der Waals surface area contributed by atoms with Gasteiger partial charge in [0.25, 0.3) is 0 Å². The topological polar surface area (TPSA) is 38.8 Å². The Labute approximate surface area is 157 Å². The smallest absolute Gasteiger partial charge is 0.338 e. The second kappa shape index (κ2) is 9.44. The van der Waals surface area contributed by atoms with Crippen LogP contribution in [-0.2, 0) is 4.74 Å². The van der Waals surface area contributed by atoms with Gasteiger partial charge in [0.1, 0.15) is 5.75 Å². The number of carbonyl (C=O) groups excluding carboxylic acids is 1. The highest BCUT2D eigenvalue weighted by Gasteiger charge is 2.33. The minimum Gasteiger partial charge on any atom is -0.491 e. The molecule has 2 saturated heterocycles. The summed E-state index contributed by atoms with van der Waals surface area (Å²) < 4.78 is 11.2. The van der Waals surface area contributed by atoms with Gasteiger partial charge in [0.05, 0.1) is 18.3 Å². The van der Waals surface area contributed by atoms with Gasteiger partial charge in [-0.25, -0.2) is 4.79 Å². The van der Waals surface area contributed by atoms with E-state index < -0.39 is 0 Å². The van der Waals surface area contributed by atoms with Gasteiger partial charge in [-0.05, 0) is 76.9 Å². The van der Waals surface area contributed by atoms with E-state index in [1.54, 1.807) is 12.1 Å². The van der Waals surface area contributed by atoms with Crippen LogP contribution < -0.4 is 4.74 Å². The van der Waals surface area contributed by atoms with Crippen molar-refractivity contribution in [3.63, 3.8) is 0 Å². The number of esters is 1. The molecule has 0 aliphatic carbocycles. The first-order valence-corrected chi connectivity index (χ1v) is 9.31. The number of fused-ring (bicyclic) bond motifs is 1. The van der Waals surface area contributed by atoms with E-state index in [2.05, 4.69) is 4.90 Å². The average molecular weight is 368 g/mol. The van der Waals surface area contributed by atoms with Crippen LogP contribution in [0.25, 0.3) is 0 Å². The summed E-state index contributed by atoms with van der Waals surface area (Å²) >= 11 is 0. The van der Waals surface area contributed by atoms with Crippen molar-refractivity contribution in [3.05, 3.63) is 29.8 Å². The fourth-order valence-electron chi connectivity index (χ4n) is 3.98. The third-order valence-electron chi connectivity index (χ3n) is 5.12. The summed E-state index contributed by atoms with van der Waals surface area (Å²) in [6, 6.07) is 7.85. The number of benzene rings is 1. The standard InChI is InChI=1S/C20H29NO3.ClH/c1-15(2)24-18-10-8-16(9-11-18)20(22)23-14-17-6-5-13-21-12-4-3-7-19(17)21;/h8-11,15,17,19H,3-7,12-14H2,1-2H3;1H/t17-,19+;/m0./s1. The predicted molar refractivity (Wildman–Crippen MR) is 102 cm³/mol. The molecule has 0 aromatic heterocycles. The highest BCUT2D eigenvalue weighted by molar-refractivity contribution is 5.89. The lowest BCUT2D eigenvalue weighted by atomic mass is 9.84. The van der Waals surface area contributed by atoms with Gasteiger partial charge in [-0.3, -0.25) is 4.90 Å². The summed E-state index contributed by atoms with van der Waals surface area (Å²) in [5, 5.41) is 0. The van der Waals surface area contributed by atoms with Crippen molar-refractivity contribution < 1.29 is 14.3 Å². The van der Waals surface area contributed by atoms with Gasteiger partial charge < -0.3 is 9.47 Å². The molecule has 4 nitrogen and oxygen atoms in total. The van der Waals surface area contributed by atoms with Crippen LogP contribution in [-0.4, -0.2) is 42.7 Å². The first-order chi connectivity index (χ1) is 11.6. The van der Waals surface area contributed by atoms with Crippen LogP contribution in [0.2, 0.25) is 0 Å². The molecule has 25 heavy (non-hydrogen) atoms. The van der Waals surface area contributed by atoms with Gasteiger partial charge in [0, 0.05) is 12.0 Å². The molecule has 3 rings (SSSR count). The molecule has 1 aromatic carbocycles. The van der Waals surface area contributed by atoms with E-state index >= 15 is 0 Å². The zero-order chi connectivity index (χ0) is 16.9. The Balaban J connectivity index is 0.00000225. The number of hydrogen-bond acceptors (Lipinski definition) is 4. The lowest BCUT2D eigenvalue weighted by molar-refractivity contribution is 0.00739. The molecule has 0 N–H and O–H groups in total. The second-order valence-electron chi connectivity index (χ2n) is 7.29. The van der Waals surface area contributed by atoms with E-state index in [0.717, 1.165) is 5.75 Å². The number of nitrogens with zero attached hydrogens (tertiary/aromatic N) is 1. The number of halogens is 1. The largest absolute Gasteiger partial charge is 0.491 e. The van der Waals surface area contributed by atoms with Crippen molar-refractivity contribution in [2.24, 2.45) is 5.92 Å². The maximum absolute atomic E-state index is 12.3. The Kier molecular flexibility index (Phi) is 7.57. The molecule has 2 aliphatic heterocycles. The Morgan fingerprint density at radius 1 is 1.12 bits per heavy atom. The number of piperidine rings is 2. The van der Waals surface area contributed by atoms with Crippen molar-refractivity contribution in [2.75, 3.05) is 19.7 Å². The third kappa shape index (κ3) is 5.35. The molecule has 0 spiro atoms. The molecular weight excluding hydrogens is 338 g/mol. The van der Waals surface area contributed by atoms with Gasteiger partial charge in [-0.15, -0.1) is 12.4 Å². The normalized spacial score (nSPS) is 23.5. The second-order valence-corrected chi connectivity index (χ2v) is 7.29. The number of carbonyl (C=O) groups is 1. The molecule has 5 heteroatoms. The van der Waals surface area contributed by atoms with Crippen LogP contribution in [0.15, 0.2) is 24.3 Å². The Bertz CT molecular complexity index is 544. The minimum absolute atomic E-state index is 0. The van der Waals surface area contributed by atoms with Crippen molar-refractivity contribution in [2.45, 2.75) is 58.1 Å². The molecule has 2 aliphatic rings. The van der Waals surface area contributed by atoms with Crippen LogP contribution in [0.1, 0.15) is 56.3 Å². The third-order valence-corrected chi connectivity index (χ3v) is 5.12. The van der Waals surface area contributed by atoms with Gasteiger partial charge in [0.2, 0.25) is 0 Å². The van der Waals surface area contributed by atoms with Crippen LogP contribution in [0.3, 0.4) is 0 Å². The molecule has 2 fully saturated rings. The number of rotatable bonds is 5. The summed E-state index contributed by atoms with van der Waals surface area (Å²) in [5.74, 6) is 1.05. The van der Waals surface area contributed by atoms with Crippen LogP contribution >= 0.6 is 12.4 Å². The minimum atomic E-state index is -0.223. The molecule has 0 radical (unpaired) electrons. The van der Waals surface area contributed by atoms with E-state index in [1.165, 1.54) is 45.2 Å². The highest BCUT2D eigenvalue weighted by atomic mass is 35.5. The fraction of sp³-hybridized carbons (Fsp3) is 0.650. The van der Waals surface area contributed by atoms with Gasteiger partial charge in [-0.1, -0.05) is 6.42 Å². The van der Waals surface area contributed by atoms with Crippen molar-refractivity contribution in [3.8, 4) is 5.75 Å². The molecule has 2 heterocycles. The molecule has 140 valence electrons. The lowest BCUT2D eigenvalue weighted by Gasteiger charge is -2.44. The van der Waals surface area contributed by atoms with Gasteiger partial charge in [-0.2, -0.15) is 0 Å². The van der Waals surface area contributed by atoms with Crippen molar-refractivity contribution in [1.29, 1.82) is 0 Å². The summed E-state index contributed by atoms with van der Waals surface area (Å²) in [4.78, 5) is 14.9. The summed E-state index contributed by atoms with van der Waals surface area (Å²) in [6.07, 6.45) is 6.41. The Morgan fingerprint density at radius 3 is 2.56 bits per heavy atom. The van der Waals surface area contributed by atoms with Crippen LogP contribution in [0.4, 0.5) is 0 Å². The SMILES string of the molecule is CC(C)Oc1ccc(C(=O)OC[C@@H]2CCCN3CCCC[C@H]23)cc1.Cl. The molecule has 1 aromatic rings. The molecular formula is C20H30ClNO3. The van der Waals surface area contributed by atoms with Crippen molar-refractivity contribution >= 4 is 18.4 Å². The van der Waals surface area contributed by atoms with E-state index in [1.807, 2.05) is 26.0 Å². The van der Waals surface area contributed by atoms with E-state index in [4.69, 9.17) is 9.47 Å². The molecule has 0 amide bonds. The van der Waals surface area contributed by atoms with E-state index in [-0.39, 0.29) is 24.5 Å². The Hall–Kier alpha value is -1.26. The van der Waals surface area contributed by atoms with Gasteiger partial charge in [0.15, 0.2) is 0 Å². The van der Waals surface area contributed by atoms with Crippen molar-refractivity contribution in [1.82, 2.24) is 4.90 Å². The van der Waals surface area contributed by atoms with E-state index in [9.17, 15) is 4.79 Å².